The molecular weight excluding hydrogens is 344 g/mol. The maximum atomic E-state index is 12.3. The molecule has 2 heterocycles. The van der Waals surface area contributed by atoms with Crippen LogP contribution in [0, 0.1) is 0 Å². The molecule has 6 heteroatoms. The van der Waals surface area contributed by atoms with E-state index in [1.54, 1.807) is 11.3 Å². The number of amides is 1. The van der Waals surface area contributed by atoms with Gasteiger partial charge in [0.1, 0.15) is 0 Å². The van der Waals surface area contributed by atoms with Gasteiger partial charge in [-0.15, -0.1) is 11.3 Å². The fourth-order valence-corrected chi connectivity index (χ4v) is 4.02. The molecule has 0 unspecified atom stereocenters. The second-order valence-electron chi connectivity index (χ2n) is 6.09. The first-order valence-electron chi connectivity index (χ1n) is 8.26. The molecule has 0 aliphatic heterocycles. The van der Waals surface area contributed by atoms with Gasteiger partial charge < -0.3 is 0 Å². The molecule has 5 rings (SSSR count). The molecule has 0 saturated heterocycles. The molecule has 0 fully saturated rings. The molecule has 4 aromatic rings. The number of aromatic nitrogens is 2. The number of rotatable bonds is 3. The predicted octanol–water partition coefficient (Wildman–Crippen LogP) is 3.49. The minimum absolute atomic E-state index is 0.176. The van der Waals surface area contributed by atoms with E-state index >= 15 is 0 Å². The Hall–Kier alpha value is -3.25. The van der Waals surface area contributed by atoms with Crippen molar-refractivity contribution in [2.75, 3.05) is 0 Å². The molecule has 1 aliphatic rings. The fourth-order valence-electron chi connectivity index (χ4n) is 3.30. The number of carbonyl (C=O) groups is 1. The van der Waals surface area contributed by atoms with Crippen LogP contribution in [0.3, 0.4) is 0 Å². The van der Waals surface area contributed by atoms with Gasteiger partial charge in [-0.05, 0) is 11.1 Å². The van der Waals surface area contributed by atoms with Gasteiger partial charge in [-0.1, -0.05) is 48.5 Å². The third-order valence-electron chi connectivity index (χ3n) is 4.43. The van der Waals surface area contributed by atoms with Crippen LogP contribution in [-0.2, 0) is 11.2 Å². The average molecular weight is 358 g/mol. The predicted molar refractivity (Wildman–Crippen MR) is 102 cm³/mol. The number of benzene rings is 2. The summed E-state index contributed by atoms with van der Waals surface area (Å²) in [4.78, 5) is 17.7. The van der Waals surface area contributed by atoms with Crippen LogP contribution in [0.1, 0.15) is 16.8 Å². The van der Waals surface area contributed by atoms with Gasteiger partial charge in [-0.2, -0.15) is 5.10 Å². The van der Waals surface area contributed by atoms with Crippen molar-refractivity contribution in [2.24, 2.45) is 5.10 Å². The van der Waals surface area contributed by atoms with Crippen LogP contribution >= 0.6 is 11.3 Å². The van der Waals surface area contributed by atoms with Crippen molar-refractivity contribution in [3.05, 3.63) is 83.1 Å². The Morgan fingerprint density at radius 2 is 1.69 bits per heavy atom. The third-order valence-corrected chi connectivity index (χ3v) is 5.20. The Morgan fingerprint density at radius 1 is 1.04 bits per heavy atom. The smallest absolute Gasteiger partial charge is 0.246 e. The van der Waals surface area contributed by atoms with Crippen molar-refractivity contribution >= 4 is 27.9 Å². The molecule has 2 aromatic heterocycles. The van der Waals surface area contributed by atoms with E-state index in [2.05, 4.69) is 27.6 Å². The maximum Gasteiger partial charge on any atom is 0.246 e. The van der Waals surface area contributed by atoms with Crippen LogP contribution in [0.15, 0.2) is 71.4 Å². The molecule has 0 spiro atoms. The zero-order valence-corrected chi connectivity index (χ0v) is 14.5. The van der Waals surface area contributed by atoms with Gasteiger partial charge in [0.05, 0.1) is 17.8 Å². The highest BCUT2D eigenvalue weighted by atomic mass is 32.1. The lowest BCUT2D eigenvalue weighted by Gasteiger charge is -2.03. The fraction of sp³-hybridized carbons (Fsp3) is 0.0500. The number of hydrazone groups is 1. The largest absolute Gasteiger partial charge is 0.297 e. The van der Waals surface area contributed by atoms with Crippen molar-refractivity contribution in [1.82, 2.24) is 14.8 Å². The number of fused-ring (bicyclic) bond motifs is 4. The molecule has 5 nitrogen and oxygen atoms in total. The van der Waals surface area contributed by atoms with Crippen LogP contribution < -0.4 is 5.43 Å². The van der Waals surface area contributed by atoms with Crippen molar-refractivity contribution in [3.8, 4) is 11.1 Å². The standard InChI is InChI=1S/C20H14N4OS/c25-18(11-13-12-24-9-10-26-20(24)21-13)22-23-19-16-7-3-1-5-14(16)15-6-2-4-8-17(15)19/h1-10,12H,11H2,(H,22,25). The van der Waals surface area contributed by atoms with E-state index in [-0.39, 0.29) is 12.3 Å². The summed E-state index contributed by atoms with van der Waals surface area (Å²) in [5, 5.41) is 6.39. The second-order valence-corrected chi connectivity index (χ2v) is 6.96. The lowest BCUT2D eigenvalue weighted by Crippen LogP contribution is -2.22. The molecule has 2 aromatic carbocycles. The van der Waals surface area contributed by atoms with E-state index in [4.69, 9.17) is 0 Å². The van der Waals surface area contributed by atoms with Crippen molar-refractivity contribution in [2.45, 2.75) is 6.42 Å². The number of carbonyl (C=O) groups excluding carboxylic acids is 1. The van der Waals surface area contributed by atoms with E-state index in [1.807, 2.05) is 58.6 Å². The summed E-state index contributed by atoms with van der Waals surface area (Å²) >= 11 is 1.55. The number of thiazole rings is 1. The quantitative estimate of drug-likeness (QED) is 0.502. The zero-order chi connectivity index (χ0) is 17.5. The summed E-state index contributed by atoms with van der Waals surface area (Å²) in [6.45, 7) is 0. The highest BCUT2D eigenvalue weighted by molar-refractivity contribution is 7.15. The number of nitrogens with zero attached hydrogens (tertiary/aromatic N) is 3. The Kier molecular flexibility index (Phi) is 3.43. The summed E-state index contributed by atoms with van der Waals surface area (Å²) in [6.07, 6.45) is 4.01. The monoisotopic (exact) mass is 358 g/mol. The number of hydrogen-bond donors (Lipinski definition) is 1. The van der Waals surface area contributed by atoms with Gasteiger partial charge in [0.25, 0.3) is 0 Å². The van der Waals surface area contributed by atoms with Crippen molar-refractivity contribution in [3.63, 3.8) is 0 Å². The van der Waals surface area contributed by atoms with Gasteiger partial charge in [-0.3, -0.25) is 9.20 Å². The maximum absolute atomic E-state index is 12.3. The number of nitrogens with one attached hydrogen (secondary N) is 1. The molecule has 26 heavy (non-hydrogen) atoms. The molecule has 0 radical (unpaired) electrons. The molecule has 1 amide bonds. The van der Waals surface area contributed by atoms with E-state index in [9.17, 15) is 4.79 Å². The number of imidazole rings is 1. The van der Waals surface area contributed by atoms with E-state index < -0.39 is 0 Å². The van der Waals surface area contributed by atoms with Crippen LogP contribution in [0.4, 0.5) is 0 Å². The van der Waals surface area contributed by atoms with Gasteiger partial charge in [0, 0.05) is 28.9 Å². The molecular formula is C20H14N4OS. The van der Waals surface area contributed by atoms with Crippen LogP contribution in [0.25, 0.3) is 16.1 Å². The summed E-state index contributed by atoms with van der Waals surface area (Å²) in [5.74, 6) is -0.176. The lowest BCUT2D eigenvalue weighted by atomic mass is 10.1. The minimum atomic E-state index is -0.176. The van der Waals surface area contributed by atoms with Gasteiger partial charge >= 0.3 is 0 Å². The van der Waals surface area contributed by atoms with Gasteiger partial charge in [0.2, 0.25) is 5.91 Å². The second kappa shape index (κ2) is 5.93. The first-order chi connectivity index (χ1) is 12.8. The van der Waals surface area contributed by atoms with Gasteiger partial charge in [-0.25, -0.2) is 10.4 Å². The molecule has 1 N–H and O–H groups in total. The van der Waals surface area contributed by atoms with Gasteiger partial charge in [0.15, 0.2) is 4.96 Å². The zero-order valence-electron chi connectivity index (χ0n) is 13.7. The minimum Gasteiger partial charge on any atom is -0.297 e. The molecule has 0 atom stereocenters. The summed E-state index contributed by atoms with van der Waals surface area (Å²) in [7, 11) is 0. The van der Waals surface area contributed by atoms with E-state index in [0.717, 1.165) is 38.6 Å². The average Bonchev–Trinajstić information content (AvgIpc) is 3.32. The topological polar surface area (TPSA) is 58.8 Å². The van der Waals surface area contributed by atoms with Crippen LogP contribution in [-0.4, -0.2) is 21.0 Å². The molecule has 0 saturated carbocycles. The number of hydrogen-bond acceptors (Lipinski definition) is 4. The Bertz CT molecular complexity index is 1100. The van der Waals surface area contributed by atoms with Crippen molar-refractivity contribution in [1.29, 1.82) is 0 Å². The normalized spacial score (nSPS) is 12.1. The third kappa shape index (κ3) is 2.43. The summed E-state index contributed by atoms with van der Waals surface area (Å²) in [6, 6.07) is 16.2. The first kappa shape index (κ1) is 15.0. The van der Waals surface area contributed by atoms with E-state index in [1.165, 1.54) is 0 Å². The molecule has 1 aliphatic carbocycles. The summed E-state index contributed by atoms with van der Waals surface area (Å²) in [5.41, 5.74) is 8.60. The van der Waals surface area contributed by atoms with E-state index in [0.29, 0.717) is 0 Å². The Morgan fingerprint density at radius 3 is 2.35 bits per heavy atom. The summed E-state index contributed by atoms with van der Waals surface area (Å²) < 4.78 is 1.92. The SMILES string of the molecule is O=C(Cc1cn2ccsc2n1)NN=C1c2ccccc2-c2ccccc21. The molecule has 126 valence electrons. The van der Waals surface area contributed by atoms with Crippen LogP contribution in [0.2, 0.25) is 0 Å². The highest BCUT2D eigenvalue weighted by Crippen LogP contribution is 2.36. The first-order valence-corrected chi connectivity index (χ1v) is 9.14. The molecule has 0 bridgehead atoms. The Labute approximate surface area is 153 Å². The highest BCUT2D eigenvalue weighted by Gasteiger charge is 2.24. The Balaban J connectivity index is 1.41. The van der Waals surface area contributed by atoms with Crippen LogP contribution in [0.5, 0.6) is 0 Å². The van der Waals surface area contributed by atoms with Crippen molar-refractivity contribution < 1.29 is 4.79 Å². The lowest BCUT2D eigenvalue weighted by molar-refractivity contribution is -0.120.